The number of hydrogen-bond acceptors (Lipinski definition) is 4. The average molecular weight is 920 g/mol. The van der Waals surface area contributed by atoms with Gasteiger partial charge in [0.25, 0.3) is 6.71 Å². The van der Waals surface area contributed by atoms with Crippen LogP contribution in [0.15, 0.2) is 161 Å². The Morgan fingerprint density at radius 1 is 0.600 bits per heavy atom. The lowest BCUT2D eigenvalue weighted by atomic mass is 9.32. The Hall–Kier alpha value is -6.20. The van der Waals surface area contributed by atoms with Gasteiger partial charge in [0.1, 0.15) is 5.58 Å². The van der Waals surface area contributed by atoms with Crippen molar-refractivity contribution in [3.8, 4) is 0 Å². The zero-order valence-corrected chi connectivity index (χ0v) is 43.7. The standard InChI is InChI=1S/C65H70BN3O/c1-41-35-42(61(2,3)4)27-30-53(41)69-56-38-46(67(43-21-15-13-16-22-43)44-23-17-14-18-24-44)37-55-58(56)66(60-59(69)47-25-19-20-26-57(47)70-60)52-39-50-51(65(11,12)34-33-64(50,9)10)40-54(52)68(55)45-28-29-48-49(36-45)63(7,8)32-31-62(48,5)6/h13-30,35-38,40,50H,31-34,39H2,1-12H3. The van der Waals surface area contributed by atoms with Gasteiger partial charge in [-0.3, -0.25) is 0 Å². The van der Waals surface area contributed by atoms with Crippen molar-refractivity contribution >= 4 is 74.3 Å². The molecule has 0 bridgehead atoms. The molecule has 3 heterocycles. The van der Waals surface area contributed by atoms with Crippen LogP contribution in [-0.4, -0.2) is 6.71 Å². The van der Waals surface area contributed by atoms with Crippen LogP contribution in [0.2, 0.25) is 0 Å². The van der Waals surface area contributed by atoms with E-state index in [4.69, 9.17) is 4.42 Å². The minimum Gasteiger partial charge on any atom is -0.468 e. The first-order chi connectivity index (χ1) is 33.2. The molecule has 4 nitrogen and oxygen atoms in total. The van der Waals surface area contributed by atoms with E-state index >= 15 is 0 Å². The van der Waals surface area contributed by atoms with Crippen LogP contribution in [0.3, 0.4) is 0 Å². The Balaban J connectivity index is 1.24. The molecule has 0 N–H and O–H groups in total. The van der Waals surface area contributed by atoms with E-state index in [0.29, 0.717) is 5.92 Å². The lowest BCUT2D eigenvalue weighted by Crippen LogP contribution is -2.57. The second-order valence-electron chi connectivity index (χ2n) is 25.2. The average Bonchev–Trinajstić information content (AvgIpc) is 3.71. The molecular formula is C65H70BN3O. The van der Waals surface area contributed by atoms with Crippen molar-refractivity contribution in [1.29, 1.82) is 0 Å². The van der Waals surface area contributed by atoms with Gasteiger partial charge in [-0.25, -0.2) is 0 Å². The molecule has 1 aromatic heterocycles. The van der Waals surface area contributed by atoms with Crippen LogP contribution in [0.4, 0.5) is 45.5 Å². The maximum atomic E-state index is 7.44. The Bertz CT molecular complexity index is 3280. The van der Waals surface area contributed by atoms with E-state index in [1.165, 1.54) is 80.9 Å². The molecule has 0 saturated heterocycles. The number of para-hydroxylation sites is 3. The van der Waals surface area contributed by atoms with E-state index < -0.39 is 0 Å². The predicted octanol–water partition coefficient (Wildman–Crippen LogP) is 17.0. The van der Waals surface area contributed by atoms with Crippen molar-refractivity contribution in [2.45, 2.75) is 131 Å². The molecule has 6 aromatic carbocycles. The molecule has 0 radical (unpaired) electrons. The zero-order chi connectivity index (χ0) is 48.9. The highest BCUT2D eigenvalue weighted by atomic mass is 16.3. The van der Waals surface area contributed by atoms with Gasteiger partial charge in [0, 0.05) is 45.2 Å². The SMILES string of the molecule is Cc1cc(C(C)(C)C)ccc1N1c2cc(N(c3ccccc3)c3ccccc3)cc3c2B(C2=C(C=C4C(C2)C(C)(C)CCC4(C)C)N3c2ccc3c(c2)C(C)(C)CCC3(C)C)c2oc3ccccc3c21. The molecule has 70 heavy (non-hydrogen) atoms. The highest BCUT2D eigenvalue weighted by Gasteiger charge is 2.53. The third kappa shape index (κ3) is 6.84. The van der Waals surface area contributed by atoms with E-state index in [2.05, 4.69) is 237 Å². The summed E-state index contributed by atoms with van der Waals surface area (Å²) in [7, 11) is 0. The number of hydrogen-bond donors (Lipinski definition) is 0. The Labute approximate surface area is 418 Å². The normalized spacial score (nSPS) is 20.3. The fourth-order valence-corrected chi connectivity index (χ4v) is 13.4. The number of fused-ring (bicyclic) bond motifs is 7. The molecule has 7 aromatic rings. The molecule has 0 spiro atoms. The number of nitrogens with zero attached hydrogens (tertiary/aromatic N) is 3. The summed E-state index contributed by atoms with van der Waals surface area (Å²) in [4.78, 5) is 7.77. The number of furan rings is 1. The molecular weight excluding hydrogens is 850 g/mol. The number of benzene rings is 6. The van der Waals surface area contributed by atoms with E-state index in [1.54, 1.807) is 5.57 Å². The molecule has 2 aliphatic heterocycles. The summed E-state index contributed by atoms with van der Waals surface area (Å²) in [5, 5.41) is 1.15. The van der Waals surface area contributed by atoms with Crippen LogP contribution < -0.4 is 25.8 Å². The van der Waals surface area contributed by atoms with Gasteiger partial charge in [0.05, 0.1) is 17.0 Å². The molecule has 1 unspecified atom stereocenters. The minimum atomic E-state index is -0.0911. The first-order valence-electron chi connectivity index (χ1n) is 26.1. The van der Waals surface area contributed by atoms with Gasteiger partial charge in [-0.05, 0) is 173 Å². The predicted molar refractivity (Wildman–Crippen MR) is 298 cm³/mol. The summed E-state index contributed by atoms with van der Waals surface area (Å²) in [6.07, 6.45) is 8.40. The molecule has 0 amide bonds. The summed E-state index contributed by atoms with van der Waals surface area (Å²) in [6, 6.07) is 50.4. The molecule has 5 heteroatoms. The van der Waals surface area contributed by atoms with Crippen molar-refractivity contribution in [2.24, 2.45) is 16.7 Å². The van der Waals surface area contributed by atoms with Crippen LogP contribution in [0.1, 0.15) is 131 Å². The number of aryl methyl sites for hydroxylation is 1. The number of allylic oxidation sites excluding steroid dienone is 3. The van der Waals surface area contributed by atoms with Gasteiger partial charge in [0.2, 0.25) is 0 Å². The number of rotatable bonds is 5. The smallest absolute Gasteiger partial charge is 0.293 e. The first-order valence-corrected chi connectivity index (χ1v) is 26.1. The van der Waals surface area contributed by atoms with E-state index in [0.717, 1.165) is 52.2 Å². The largest absolute Gasteiger partial charge is 0.468 e. The lowest BCUT2D eigenvalue weighted by Gasteiger charge is -2.53. The molecule has 1 fully saturated rings. The molecule has 12 rings (SSSR count). The van der Waals surface area contributed by atoms with Crippen molar-refractivity contribution in [3.63, 3.8) is 0 Å². The summed E-state index contributed by atoms with van der Waals surface area (Å²) in [5.74, 6) is 0.411. The first kappa shape index (κ1) is 45.0. The van der Waals surface area contributed by atoms with Crippen LogP contribution in [0.5, 0.6) is 0 Å². The minimum absolute atomic E-state index is 0.00553. The van der Waals surface area contributed by atoms with Gasteiger partial charge in [-0.15, -0.1) is 0 Å². The van der Waals surface area contributed by atoms with Crippen LogP contribution in [0.25, 0.3) is 11.0 Å². The summed E-state index contributed by atoms with van der Waals surface area (Å²) in [5.41, 5.74) is 22.9. The molecule has 3 aliphatic carbocycles. The van der Waals surface area contributed by atoms with Crippen LogP contribution >= 0.6 is 0 Å². The van der Waals surface area contributed by atoms with Gasteiger partial charge in [0.15, 0.2) is 0 Å². The Morgan fingerprint density at radius 3 is 1.87 bits per heavy atom. The lowest BCUT2D eigenvalue weighted by molar-refractivity contribution is 0.122. The van der Waals surface area contributed by atoms with Gasteiger partial charge < -0.3 is 19.1 Å². The van der Waals surface area contributed by atoms with Crippen molar-refractivity contribution in [1.82, 2.24) is 0 Å². The fourth-order valence-electron chi connectivity index (χ4n) is 13.4. The third-order valence-electron chi connectivity index (χ3n) is 17.8. The Kier molecular flexibility index (Phi) is 9.90. The highest BCUT2D eigenvalue weighted by Crippen LogP contribution is 2.60. The third-order valence-corrected chi connectivity index (χ3v) is 17.8. The summed E-state index contributed by atoms with van der Waals surface area (Å²) in [6.45, 7) is 29.1. The van der Waals surface area contributed by atoms with E-state index in [9.17, 15) is 0 Å². The maximum absolute atomic E-state index is 7.44. The molecule has 1 atom stereocenters. The van der Waals surface area contributed by atoms with Gasteiger partial charge in [-0.1, -0.05) is 154 Å². The molecule has 1 saturated carbocycles. The zero-order valence-electron chi connectivity index (χ0n) is 43.7. The van der Waals surface area contributed by atoms with E-state index in [1.807, 2.05) is 0 Å². The van der Waals surface area contributed by atoms with Gasteiger partial charge >= 0.3 is 0 Å². The second kappa shape index (κ2) is 15.4. The van der Waals surface area contributed by atoms with Crippen LogP contribution in [-0.2, 0) is 16.2 Å². The van der Waals surface area contributed by atoms with Crippen molar-refractivity contribution in [2.75, 3.05) is 14.7 Å². The maximum Gasteiger partial charge on any atom is 0.293 e. The number of anilines is 8. The quantitative estimate of drug-likeness (QED) is 0.161. The van der Waals surface area contributed by atoms with Crippen LogP contribution in [0, 0.1) is 23.7 Å². The van der Waals surface area contributed by atoms with E-state index in [-0.39, 0.29) is 33.8 Å². The van der Waals surface area contributed by atoms with Crippen molar-refractivity contribution in [3.05, 3.63) is 179 Å². The fraction of sp³-hybridized carbons (Fsp3) is 0.354. The van der Waals surface area contributed by atoms with Crippen molar-refractivity contribution < 1.29 is 4.42 Å². The Morgan fingerprint density at radius 2 is 1.21 bits per heavy atom. The summed E-state index contributed by atoms with van der Waals surface area (Å²) >= 11 is 0. The molecule has 354 valence electrons. The molecule has 5 aliphatic rings. The second-order valence-corrected chi connectivity index (χ2v) is 25.2. The summed E-state index contributed by atoms with van der Waals surface area (Å²) < 4.78 is 7.44. The monoisotopic (exact) mass is 920 g/mol. The van der Waals surface area contributed by atoms with Gasteiger partial charge in [-0.2, -0.15) is 0 Å². The highest BCUT2D eigenvalue weighted by molar-refractivity contribution is 6.94. The topological polar surface area (TPSA) is 22.9 Å².